The van der Waals surface area contributed by atoms with Crippen molar-refractivity contribution in [1.82, 2.24) is 4.31 Å². The van der Waals surface area contributed by atoms with Gasteiger partial charge in [-0.05, 0) is 55.3 Å². The van der Waals surface area contributed by atoms with Gasteiger partial charge >= 0.3 is 0 Å². The van der Waals surface area contributed by atoms with Crippen LogP contribution in [0.2, 0.25) is 5.02 Å². The molecule has 1 aliphatic heterocycles. The Labute approximate surface area is 175 Å². The molecule has 0 radical (unpaired) electrons. The molecule has 7 nitrogen and oxygen atoms in total. The molecule has 1 amide bonds. The van der Waals surface area contributed by atoms with Crippen molar-refractivity contribution in [3.63, 3.8) is 0 Å². The third-order valence-electron chi connectivity index (χ3n) is 4.87. The summed E-state index contributed by atoms with van der Waals surface area (Å²) in [5, 5.41) is 3.28. The normalized spacial score (nSPS) is 17.6. The van der Waals surface area contributed by atoms with Crippen LogP contribution in [0.4, 0.5) is 5.69 Å². The van der Waals surface area contributed by atoms with Crippen LogP contribution in [0.3, 0.4) is 0 Å². The zero-order valence-electron chi connectivity index (χ0n) is 16.2. The monoisotopic (exact) mass is 438 g/mol. The molecule has 0 bridgehead atoms. The molecule has 1 aliphatic rings. The number of amides is 1. The van der Waals surface area contributed by atoms with E-state index in [0.29, 0.717) is 41.6 Å². The standard InChI is InChI=1S/C20H23ClN2O5S/c1-27-16-6-8-17(9-7-16)29(25,26)23-11-3-4-14(13-23)20(24)22-18-12-15(21)5-10-19(18)28-2/h5-10,12,14H,3-4,11,13H2,1-2H3,(H,22,24)/t14-/m0/s1. The number of nitrogens with zero attached hydrogens (tertiary/aromatic N) is 1. The fraction of sp³-hybridized carbons (Fsp3) is 0.350. The van der Waals surface area contributed by atoms with Gasteiger partial charge in [0.1, 0.15) is 11.5 Å². The molecule has 1 N–H and O–H groups in total. The predicted octanol–water partition coefficient (Wildman–Crippen LogP) is 3.40. The number of methoxy groups -OCH3 is 2. The minimum atomic E-state index is -3.69. The average molecular weight is 439 g/mol. The van der Waals surface area contributed by atoms with Crippen molar-refractivity contribution in [2.75, 3.05) is 32.6 Å². The third-order valence-corrected chi connectivity index (χ3v) is 6.99. The molecule has 0 spiro atoms. The van der Waals surface area contributed by atoms with Crippen LogP contribution >= 0.6 is 11.6 Å². The van der Waals surface area contributed by atoms with Crippen LogP contribution in [-0.2, 0) is 14.8 Å². The summed E-state index contributed by atoms with van der Waals surface area (Å²) in [7, 11) is -0.671. The summed E-state index contributed by atoms with van der Waals surface area (Å²) in [5.41, 5.74) is 0.458. The molecular weight excluding hydrogens is 416 g/mol. The minimum absolute atomic E-state index is 0.114. The van der Waals surface area contributed by atoms with Gasteiger partial charge in [0.15, 0.2) is 0 Å². The number of sulfonamides is 1. The Kier molecular flexibility index (Phi) is 6.66. The summed E-state index contributed by atoms with van der Waals surface area (Å²) in [4.78, 5) is 13.0. The Morgan fingerprint density at radius 3 is 2.52 bits per heavy atom. The summed E-state index contributed by atoms with van der Waals surface area (Å²) < 4.78 is 37.6. The van der Waals surface area contributed by atoms with Crippen LogP contribution in [-0.4, -0.2) is 45.9 Å². The lowest BCUT2D eigenvalue weighted by molar-refractivity contribution is -0.120. The second kappa shape index (κ2) is 9.02. The lowest BCUT2D eigenvalue weighted by Gasteiger charge is -2.31. The van der Waals surface area contributed by atoms with Gasteiger partial charge in [-0.15, -0.1) is 0 Å². The lowest BCUT2D eigenvalue weighted by Crippen LogP contribution is -2.43. The molecule has 9 heteroatoms. The number of rotatable bonds is 6. The van der Waals surface area contributed by atoms with E-state index in [4.69, 9.17) is 21.1 Å². The van der Waals surface area contributed by atoms with Gasteiger partial charge in [-0.25, -0.2) is 8.42 Å². The van der Waals surface area contributed by atoms with Crippen molar-refractivity contribution >= 4 is 33.2 Å². The molecule has 156 valence electrons. The van der Waals surface area contributed by atoms with E-state index >= 15 is 0 Å². The summed E-state index contributed by atoms with van der Waals surface area (Å²) in [6.45, 7) is 0.488. The molecule has 1 heterocycles. The van der Waals surface area contributed by atoms with Gasteiger partial charge in [-0.2, -0.15) is 4.31 Å². The maximum absolute atomic E-state index is 13.0. The molecule has 3 rings (SSSR count). The van der Waals surface area contributed by atoms with Gasteiger partial charge in [0.2, 0.25) is 15.9 Å². The Morgan fingerprint density at radius 2 is 1.86 bits per heavy atom. The van der Waals surface area contributed by atoms with E-state index in [1.165, 1.54) is 30.7 Å². The highest BCUT2D eigenvalue weighted by atomic mass is 35.5. The Bertz CT molecular complexity index is 979. The number of hydrogen-bond acceptors (Lipinski definition) is 5. The summed E-state index contributed by atoms with van der Waals surface area (Å²) in [5.74, 6) is 0.331. The van der Waals surface area contributed by atoms with Gasteiger partial charge in [-0.1, -0.05) is 11.6 Å². The van der Waals surface area contributed by atoms with Crippen molar-refractivity contribution in [3.8, 4) is 11.5 Å². The second-order valence-electron chi connectivity index (χ2n) is 6.71. The minimum Gasteiger partial charge on any atom is -0.497 e. The van der Waals surface area contributed by atoms with Gasteiger partial charge in [0, 0.05) is 18.1 Å². The predicted molar refractivity (Wildman–Crippen MR) is 111 cm³/mol. The van der Waals surface area contributed by atoms with Crippen LogP contribution in [0, 0.1) is 5.92 Å². The van der Waals surface area contributed by atoms with Crippen molar-refractivity contribution in [2.45, 2.75) is 17.7 Å². The van der Waals surface area contributed by atoms with Gasteiger partial charge in [-0.3, -0.25) is 4.79 Å². The molecular formula is C20H23ClN2O5S. The zero-order valence-corrected chi connectivity index (χ0v) is 17.8. The number of piperidine rings is 1. The van der Waals surface area contributed by atoms with Crippen LogP contribution < -0.4 is 14.8 Å². The van der Waals surface area contributed by atoms with E-state index in [9.17, 15) is 13.2 Å². The molecule has 1 atom stereocenters. The fourth-order valence-electron chi connectivity index (χ4n) is 3.28. The Morgan fingerprint density at radius 1 is 1.14 bits per heavy atom. The Balaban J connectivity index is 1.74. The van der Waals surface area contributed by atoms with Crippen molar-refractivity contribution in [1.29, 1.82) is 0 Å². The first-order valence-corrected chi connectivity index (χ1v) is 11.0. The van der Waals surface area contributed by atoms with Gasteiger partial charge in [0.05, 0.1) is 30.7 Å². The number of hydrogen-bond donors (Lipinski definition) is 1. The lowest BCUT2D eigenvalue weighted by atomic mass is 9.98. The quantitative estimate of drug-likeness (QED) is 0.747. The molecule has 2 aromatic rings. The molecule has 0 aromatic heterocycles. The molecule has 2 aromatic carbocycles. The van der Waals surface area contributed by atoms with E-state index < -0.39 is 15.9 Å². The van der Waals surface area contributed by atoms with Gasteiger partial charge < -0.3 is 14.8 Å². The molecule has 1 saturated heterocycles. The van der Waals surface area contributed by atoms with Crippen molar-refractivity contribution < 1.29 is 22.7 Å². The van der Waals surface area contributed by atoms with Crippen molar-refractivity contribution in [2.24, 2.45) is 5.92 Å². The number of carbonyl (C=O) groups excluding carboxylic acids is 1. The highest BCUT2D eigenvalue weighted by Gasteiger charge is 2.33. The summed E-state index contributed by atoms with van der Waals surface area (Å²) in [6.07, 6.45) is 1.20. The van der Waals surface area contributed by atoms with Crippen LogP contribution in [0.1, 0.15) is 12.8 Å². The largest absolute Gasteiger partial charge is 0.497 e. The first-order valence-electron chi connectivity index (χ1n) is 9.13. The number of ether oxygens (including phenoxy) is 2. The van der Waals surface area contributed by atoms with Gasteiger partial charge in [0.25, 0.3) is 0 Å². The highest BCUT2D eigenvalue weighted by Crippen LogP contribution is 2.30. The fourth-order valence-corrected chi connectivity index (χ4v) is 4.98. The second-order valence-corrected chi connectivity index (χ2v) is 9.09. The van der Waals surface area contributed by atoms with E-state index in [0.717, 1.165) is 0 Å². The molecule has 0 unspecified atom stereocenters. The third kappa shape index (κ3) is 4.83. The maximum Gasteiger partial charge on any atom is 0.243 e. The number of nitrogens with one attached hydrogen (secondary N) is 1. The van der Waals surface area contributed by atoms with E-state index in [2.05, 4.69) is 5.32 Å². The number of anilines is 1. The van der Waals surface area contributed by atoms with Crippen LogP contribution in [0.25, 0.3) is 0 Å². The Hall–Kier alpha value is -2.29. The zero-order chi connectivity index (χ0) is 21.0. The highest BCUT2D eigenvalue weighted by molar-refractivity contribution is 7.89. The van der Waals surface area contributed by atoms with E-state index in [-0.39, 0.29) is 17.3 Å². The number of carbonyl (C=O) groups is 1. The van der Waals surface area contributed by atoms with Crippen LogP contribution in [0.15, 0.2) is 47.4 Å². The average Bonchev–Trinajstić information content (AvgIpc) is 2.74. The molecule has 1 fully saturated rings. The molecule has 0 aliphatic carbocycles. The SMILES string of the molecule is COc1ccc(S(=O)(=O)N2CCC[C@H](C(=O)Nc3cc(Cl)ccc3OC)C2)cc1. The first-order chi connectivity index (χ1) is 13.8. The topological polar surface area (TPSA) is 84.9 Å². The smallest absolute Gasteiger partial charge is 0.243 e. The summed E-state index contributed by atoms with van der Waals surface area (Å²) in [6, 6.07) is 11.2. The van der Waals surface area contributed by atoms with Crippen LogP contribution in [0.5, 0.6) is 11.5 Å². The molecule has 29 heavy (non-hydrogen) atoms. The molecule has 0 saturated carbocycles. The number of halogens is 1. The van der Waals surface area contributed by atoms with Crippen molar-refractivity contribution in [3.05, 3.63) is 47.5 Å². The first kappa shape index (κ1) is 21.4. The number of benzene rings is 2. The van der Waals surface area contributed by atoms with E-state index in [1.807, 2.05) is 0 Å². The summed E-state index contributed by atoms with van der Waals surface area (Å²) >= 11 is 6.01. The van der Waals surface area contributed by atoms with E-state index in [1.54, 1.807) is 30.3 Å². The maximum atomic E-state index is 13.0.